The summed E-state index contributed by atoms with van der Waals surface area (Å²) in [5.41, 5.74) is 0.904. The number of fused-ring (bicyclic) bond motifs is 1. The Bertz CT molecular complexity index is 477. The van der Waals surface area contributed by atoms with Gasteiger partial charge in [0.2, 0.25) is 0 Å². The molecule has 1 saturated carbocycles. The summed E-state index contributed by atoms with van der Waals surface area (Å²) in [6.07, 6.45) is 3.15. The molecule has 0 aliphatic heterocycles. The highest BCUT2D eigenvalue weighted by molar-refractivity contribution is 6.10. The molecule has 0 N–H and O–H groups in total. The molecule has 20 heavy (non-hydrogen) atoms. The number of methoxy groups -OCH3 is 2. The third-order valence-corrected chi connectivity index (χ3v) is 4.50. The topological polar surface area (TPSA) is 69.7 Å². The van der Waals surface area contributed by atoms with Gasteiger partial charge in [0.1, 0.15) is 0 Å². The summed E-state index contributed by atoms with van der Waals surface area (Å²) in [6.45, 7) is 1.65. The van der Waals surface area contributed by atoms with Crippen molar-refractivity contribution in [2.24, 2.45) is 17.8 Å². The van der Waals surface area contributed by atoms with E-state index in [1.807, 2.05) is 0 Å². The molecule has 0 heterocycles. The molecule has 3 unspecified atom stereocenters. The van der Waals surface area contributed by atoms with Crippen molar-refractivity contribution in [2.75, 3.05) is 14.2 Å². The van der Waals surface area contributed by atoms with Crippen LogP contribution in [0.4, 0.5) is 0 Å². The maximum absolute atomic E-state index is 12.5. The lowest BCUT2D eigenvalue weighted by molar-refractivity contribution is -0.150. The molecule has 0 radical (unpaired) electrons. The molecule has 5 heteroatoms. The van der Waals surface area contributed by atoms with E-state index >= 15 is 0 Å². The predicted octanol–water partition coefficient (Wildman–Crippen LogP) is 1.65. The summed E-state index contributed by atoms with van der Waals surface area (Å²) in [6, 6.07) is 0. The number of ketones is 1. The van der Waals surface area contributed by atoms with Gasteiger partial charge in [0, 0.05) is 23.0 Å². The van der Waals surface area contributed by atoms with Crippen LogP contribution < -0.4 is 0 Å². The van der Waals surface area contributed by atoms with Crippen LogP contribution in [-0.2, 0) is 23.9 Å². The molecule has 2 aliphatic carbocycles. The first-order chi connectivity index (χ1) is 9.52. The van der Waals surface area contributed by atoms with Crippen LogP contribution in [0, 0.1) is 17.8 Å². The zero-order valence-electron chi connectivity index (χ0n) is 12.1. The van der Waals surface area contributed by atoms with E-state index in [2.05, 4.69) is 0 Å². The van der Waals surface area contributed by atoms with Crippen molar-refractivity contribution < 1.29 is 23.9 Å². The fourth-order valence-corrected chi connectivity index (χ4v) is 3.55. The number of hydrogen-bond acceptors (Lipinski definition) is 5. The third kappa shape index (κ3) is 2.25. The average molecular weight is 280 g/mol. The summed E-state index contributed by atoms with van der Waals surface area (Å²) in [5.74, 6) is -2.02. The van der Waals surface area contributed by atoms with E-state index in [1.54, 1.807) is 6.92 Å². The number of esters is 2. The fraction of sp³-hybridized carbons (Fsp3) is 0.667. The Morgan fingerprint density at radius 1 is 1.10 bits per heavy atom. The number of rotatable bonds is 2. The first-order valence-electron chi connectivity index (χ1n) is 6.94. The van der Waals surface area contributed by atoms with E-state index in [9.17, 15) is 14.4 Å². The van der Waals surface area contributed by atoms with Gasteiger partial charge < -0.3 is 9.47 Å². The number of carbonyl (C=O) groups excluding carboxylic acids is 3. The fourth-order valence-electron chi connectivity index (χ4n) is 3.55. The van der Waals surface area contributed by atoms with E-state index in [-0.39, 0.29) is 17.7 Å². The lowest BCUT2D eigenvalue weighted by atomic mass is 9.79. The molecule has 0 aromatic rings. The monoisotopic (exact) mass is 280 g/mol. The molecule has 110 valence electrons. The highest BCUT2D eigenvalue weighted by atomic mass is 16.5. The minimum Gasteiger partial charge on any atom is -0.469 e. The largest absolute Gasteiger partial charge is 0.469 e. The Balaban J connectivity index is 2.40. The van der Waals surface area contributed by atoms with Gasteiger partial charge in [-0.2, -0.15) is 0 Å². The number of allylic oxidation sites excluding steroid dienone is 1. The minimum atomic E-state index is -0.459. The summed E-state index contributed by atoms with van der Waals surface area (Å²) >= 11 is 0. The summed E-state index contributed by atoms with van der Waals surface area (Å²) in [5, 5.41) is 0. The molecule has 0 amide bonds. The maximum Gasteiger partial charge on any atom is 0.334 e. The van der Waals surface area contributed by atoms with Crippen molar-refractivity contribution in [1.82, 2.24) is 0 Å². The second-order valence-electron chi connectivity index (χ2n) is 5.44. The van der Waals surface area contributed by atoms with Gasteiger partial charge in [-0.3, -0.25) is 9.59 Å². The molecular weight excluding hydrogens is 260 g/mol. The van der Waals surface area contributed by atoms with Gasteiger partial charge in [0.15, 0.2) is 5.78 Å². The first kappa shape index (κ1) is 14.8. The molecule has 3 atom stereocenters. The molecule has 5 nitrogen and oxygen atoms in total. The molecule has 0 aromatic heterocycles. The Morgan fingerprint density at radius 3 is 2.35 bits per heavy atom. The van der Waals surface area contributed by atoms with Gasteiger partial charge in [-0.25, -0.2) is 4.79 Å². The lowest BCUT2D eigenvalue weighted by Gasteiger charge is -2.23. The van der Waals surface area contributed by atoms with Gasteiger partial charge in [-0.15, -0.1) is 0 Å². The molecule has 2 rings (SSSR count). The molecule has 0 aromatic carbocycles. The standard InChI is InChI=1S/C15H20O5/c1-8-11(15(18)20-3)9-6-4-5-7-10(14(17)19-2)12(9)13(8)16/h9-10,12H,4-7H2,1-3H3. The van der Waals surface area contributed by atoms with E-state index < -0.39 is 17.8 Å². The second kappa shape index (κ2) is 5.77. The third-order valence-electron chi connectivity index (χ3n) is 4.50. The summed E-state index contributed by atoms with van der Waals surface area (Å²) in [4.78, 5) is 36.4. The van der Waals surface area contributed by atoms with Crippen molar-refractivity contribution >= 4 is 17.7 Å². The van der Waals surface area contributed by atoms with Crippen molar-refractivity contribution in [1.29, 1.82) is 0 Å². The predicted molar refractivity (Wildman–Crippen MR) is 70.7 cm³/mol. The maximum atomic E-state index is 12.5. The molecule has 0 saturated heterocycles. The van der Waals surface area contributed by atoms with Crippen LogP contribution in [0.3, 0.4) is 0 Å². The highest BCUT2D eigenvalue weighted by Crippen LogP contribution is 2.45. The SMILES string of the molecule is COC(=O)C1=C(C)C(=O)C2C(C(=O)OC)CCCCC12. The van der Waals surface area contributed by atoms with Gasteiger partial charge in [0.05, 0.1) is 20.1 Å². The van der Waals surface area contributed by atoms with Gasteiger partial charge >= 0.3 is 11.9 Å². The van der Waals surface area contributed by atoms with Crippen molar-refractivity contribution in [3.63, 3.8) is 0 Å². The van der Waals surface area contributed by atoms with E-state index in [1.165, 1.54) is 14.2 Å². The number of carbonyl (C=O) groups is 3. The van der Waals surface area contributed by atoms with Crippen LogP contribution in [-0.4, -0.2) is 31.9 Å². The van der Waals surface area contributed by atoms with Crippen LogP contribution in [0.25, 0.3) is 0 Å². The Hall–Kier alpha value is -1.65. The van der Waals surface area contributed by atoms with Crippen molar-refractivity contribution in [3.8, 4) is 0 Å². The van der Waals surface area contributed by atoms with E-state index in [0.29, 0.717) is 17.6 Å². The van der Waals surface area contributed by atoms with Crippen LogP contribution in [0.5, 0.6) is 0 Å². The van der Waals surface area contributed by atoms with E-state index in [4.69, 9.17) is 9.47 Å². The Morgan fingerprint density at radius 2 is 1.75 bits per heavy atom. The van der Waals surface area contributed by atoms with Crippen molar-refractivity contribution in [3.05, 3.63) is 11.1 Å². The van der Waals surface area contributed by atoms with Gasteiger partial charge in [-0.05, 0) is 19.8 Å². The number of ether oxygens (including phenoxy) is 2. The molecule has 0 spiro atoms. The normalized spacial score (nSPS) is 29.8. The lowest BCUT2D eigenvalue weighted by Crippen LogP contribution is -2.32. The van der Waals surface area contributed by atoms with Crippen LogP contribution >= 0.6 is 0 Å². The summed E-state index contributed by atoms with van der Waals surface area (Å²) < 4.78 is 9.63. The smallest absolute Gasteiger partial charge is 0.334 e. The highest BCUT2D eigenvalue weighted by Gasteiger charge is 2.49. The van der Waals surface area contributed by atoms with Crippen LogP contribution in [0.15, 0.2) is 11.1 Å². The average Bonchev–Trinajstić information content (AvgIpc) is 2.62. The number of Topliss-reactive ketones (excluding diaryl/α,β-unsaturated/α-hetero) is 1. The van der Waals surface area contributed by atoms with Crippen molar-refractivity contribution in [2.45, 2.75) is 32.6 Å². The second-order valence-corrected chi connectivity index (χ2v) is 5.44. The van der Waals surface area contributed by atoms with Crippen LogP contribution in [0.1, 0.15) is 32.6 Å². The molecule has 0 bridgehead atoms. The quantitative estimate of drug-likeness (QED) is 0.719. The molecular formula is C15H20O5. The summed E-state index contributed by atoms with van der Waals surface area (Å²) in [7, 11) is 2.65. The Kier molecular flexibility index (Phi) is 4.26. The van der Waals surface area contributed by atoms with Gasteiger partial charge in [0.25, 0.3) is 0 Å². The zero-order valence-corrected chi connectivity index (χ0v) is 12.1. The Labute approximate surface area is 118 Å². The zero-order chi connectivity index (χ0) is 14.9. The minimum absolute atomic E-state index is 0.104. The number of hydrogen-bond donors (Lipinski definition) is 0. The molecule has 1 fully saturated rings. The van der Waals surface area contributed by atoms with E-state index in [0.717, 1.165) is 19.3 Å². The first-order valence-corrected chi connectivity index (χ1v) is 6.94. The van der Waals surface area contributed by atoms with Gasteiger partial charge in [-0.1, -0.05) is 12.8 Å². The molecule has 2 aliphatic rings. The van der Waals surface area contributed by atoms with Crippen LogP contribution in [0.2, 0.25) is 0 Å².